The molecule has 0 spiro atoms. The first-order valence-electron chi connectivity index (χ1n) is 10.4. The maximum Gasteiger partial charge on any atom is 0.321 e. The van der Waals surface area contributed by atoms with Crippen LogP contribution in [0.4, 0.5) is 20.6 Å². The van der Waals surface area contributed by atoms with E-state index in [9.17, 15) is 18.8 Å². The number of urea groups is 1. The highest BCUT2D eigenvalue weighted by Crippen LogP contribution is 2.38. The molecule has 2 aliphatic heterocycles. The summed E-state index contributed by atoms with van der Waals surface area (Å²) in [7, 11) is 0. The second-order valence-corrected chi connectivity index (χ2v) is 8.15. The number of amides is 3. The molecule has 164 valence electrons. The van der Waals surface area contributed by atoms with E-state index in [2.05, 4.69) is 10.6 Å². The smallest absolute Gasteiger partial charge is 0.321 e. The lowest BCUT2D eigenvalue weighted by Crippen LogP contribution is -2.50. The SMILES string of the molecule is O=C(Nc1ccc(=O)n2c1C1CC(CN(C(=O)Nc3ccc(F)cc3)C1)C2)c1ccco1. The van der Waals surface area contributed by atoms with Gasteiger partial charge < -0.3 is 24.5 Å². The molecule has 0 saturated carbocycles. The molecule has 2 bridgehead atoms. The van der Waals surface area contributed by atoms with Gasteiger partial charge in [-0.1, -0.05) is 0 Å². The quantitative estimate of drug-likeness (QED) is 0.657. The van der Waals surface area contributed by atoms with Crippen LogP contribution in [0.2, 0.25) is 0 Å². The Morgan fingerprint density at radius 1 is 1.00 bits per heavy atom. The third-order valence-electron chi connectivity index (χ3n) is 5.97. The largest absolute Gasteiger partial charge is 0.459 e. The number of carbonyl (C=O) groups excluding carboxylic acids is 2. The van der Waals surface area contributed by atoms with Crippen LogP contribution in [0.25, 0.3) is 0 Å². The summed E-state index contributed by atoms with van der Waals surface area (Å²) in [6.45, 7) is 1.38. The van der Waals surface area contributed by atoms with Crippen molar-refractivity contribution < 1.29 is 18.4 Å². The van der Waals surface area contributed by atoms with Crippen LogP contribution in [0, 0.1) is 11.7 Å². The number of nitrogens with zero attached hydrogens (tertiary/aromatic N) is 2. The summed E-state index contributed by atoms with van der Waals surface area (Å²) >= 11 is 0. The third-order valence-corrected chi connectivity index (χ3v) is 5.97. The molecule has 1 aromatic carbocycles. The fraction of sp³-hybridized carbons (Fsp3) is 0.261. The van der Waals surface area contributed by atoms with E-state index in [0.29, 0.717) is 36.7 Å². The molecule has 2 aliphatic rings. The minimum absolute atomic E-state index is 0.109. The Morgan fingerprint density at radius 2 is 1.81 bits per heavy atom. The molecule has 2 atom stereocenters. The highest BCUT2D eigenvalue weighted by molar-refractivity contribution is 6.02. The number of carbonyl (C=O) groups is 2. The monoisotopic (exact) mass is 436 g/mol. The van der Waals surface area contributed by atoms with E-state index in [1.807, 2.05) is 0 Å². The number of pyridine rings is 1. The topological polar surface area (TPSA) is 96.6 Å². The number of nitrogens with one attached hydrogen (secondary N) is 2. The summed E-state index contributed by atoms with van der Waals surface area (Å²) in [5.74, 6) is -0.592. The lowest BCUT2D eigenvalue weighted by molar-refractivity contribution is 0.0995. The molecule has 2 aromatic heterocycles. The zero-order chi connectivity index (χ0) is 22.2. The van der Waals surface area contributed by atoms with Crippen molar-refractivity contribution in [3.63, 3.8) is 0 Å². The number of hydrogen-bond acceptors (Lipinski definition) is 4. The minimum atomic E-state index is -0.403. The van der Waals surface area contributed by atoms with Gasteiger partial charge in [-0.15, -0.1) is 0 Å². The number of benzene rings is 1. The number of piperidine rings is 1. The molecule has 9 heteroatoms. The number of halogens is 1. The Bertz CT molecular complexity index is 1220. The lowest BCUT2D eigenvalue weighted by atomic mass is 9.82. The molecule has 0 aliphatic carbocycles. The molecule has 4 heterocycles. The van der Waals surface area contributed by atoms with Crippen molar-refractivity contribution >= 4 is 23.3 Å². The maximum atomic E-state index is 13.1. The van der Waals surface area contributed by atoms with E-state index >= 15 is 0 Å². The minimum Gasteiger partial charge on any atom is -0.459 e. The van der Waals surface area contributed by atoms with Gasteiger partial charge in [0.05, 0.1) is 12.0 Å². The van der Waals surface area contributed by atoms with Crippen LogP contribution in [0.15, 0.2) is 64.0 Å². The predicted molar refractivity (Wildman–Crippen MR) is 115 cm³/mol. The van der Waals surface area contributed by atoms with Crippen LogP contribution >= 0.6 is 0 Å². The van der Waals surface area contributed by atoms with Gasteiger partial charge in [0.2, 0.25) is 0 Å². The summed E-state index contributed by atoms with van der Waals surface area (Å²) in [6.07, 6.45) is 2.23. The van der Waals surface area contributed by atoms with Crippen LogP contribution < -0.4 is 16.2 Å². The first-order valence-corrected chi connectivity index (χ1v) is 10.4. The van der Waals surface area contributed by atoms with Crippen LogP contribution in [0.3, 0.4) is 0 Å². The summed E-state index contributed by atoms with van der Waals surface area (Å²) in [5, 5.41) is 5.64. The second kappa shape index (κ2) is 7.99. The van der Waals surface area contributed by atoms with E-state index in [1.165, 1.54) is 36.6 Å². The number of hydrogen-bond donors (Lipinski definition) is 2. The highest BCUT2D eigenvalue weighted by Gasteiger charge is 2.38. The van der Waals surface area contributed by atoms with E-state index < -0.39 is 5.91 Å². The van der Waals surface area contributed by atoms with Gasteiger partial charge in [0.1, 0.15) is 5.82 Å². The van der Waals surface area contributed by atoms with Crippen molar-refractivity contribution in [1.29, 1.82) is 0 Å². The summed E-state index contributed by atoms with van der Waals surface area (Å²) < 4.78 is 20.0. The molecule has 3 aromatic rings. The molecule has 32 heavy (non-hydrogen) atoms. The van der Waals surface area contributed by atoms with Gasteiger partial charge >= 0.3 is 6.03 Å². The van der Waals surface area contributed by atoms with Gasteiger partial charge in [0.25, 0.3) is 11.5 Å². The molecule has 2 unspecified atom stereocenters. The van der Waals surface area contributed by atoms with Crippen molar-refractivity contribution in [2.24, 2.45) is 5.92 Å². The lowest BCUT2D eigenvalue weighted by Gasteiger charge is -2.43. The predicted octanol–water partition coefficient (Wildman–Crippen LogP) is 3.48. The van der Waals surface area contributed by atoms with Crippen molar-refractivity contribution in [3.8, 4) is 0 Å². The van der Waals surface area contributed by atoms with Gasteiger partial charge in [-0.05, 0) is 54.8 Å². The molecule has 2 N–H and O–H groups in total. The standard InChI is InChI=1S/C23H21FN4O4/c24-16-3-5-17(6-4-16)25-23(31)27-11-14-10-15(13-27)21-18(7-8-20(29)28(21)12-14)26-22(30)19-2-1-9-32-19/h1-9,14-15H,10-13H2,(H,25,31)(H,26,30). The maximum absolute atomic E-state index is 13.1. The molecule has 0 radical (unpaired) electrons. The Morgan fingerprint density at radius 3 is 2.56 bits per heavy atom. The Labute approximate surface area is 182 Å². The van der Waals surface area contributed by atoms with E-state index in [-0.39, 0.29) is 35.0 Å². The molecule has 5 rings (SSSR count). The highest BCUT2D eigenvalue weighted by atomic mass is 19.1. The Balaban J connectivity index is 1.39. The number of furan rings is 1. The molecule has 1 fully saturated rings. The van der Waals surface area contributed by atoms with E-state index in [4.69, 9.17) is 4.42 Å². The van der Waals surface area contributed by atoms with Gasteiger partial charge in [-0.25, -0.2) is 9.18 Å². The molecular weight excluding hydrogens is 415 g/mol. The van der Waals surface area contributed by atoms with Crippen LogP contribution in [-0.4, -0.2) is 34.5 Å². The first kappa shape index (κ1) is 20.0. The average molecular weight is 436 g/mol. The summed E-state index contributed by atoms with van der Waals surface area (Å²) in [4.78, 5) is 39.6. The van der Waals surface area contributed by atoms with E-state index in [1.54, 1.807) is 27.7 Å². The number of aromatic nitrogens is 1. The van der Waals surface area contributed by atoms with Gasteiger partial charge in [-0.3, -0.25) is 9.59 Å². The van der Waals surface area contributed by atoms with Crippen LogP contribution in [0.1, 0.15) is 28.6 Å². The zero-order valence-corrected chi connectivity index (χ0v) is 17.1. The molecule has 3 amide bonds. The molecule has 1 saturated heterocycles. The summed E-state index contributed by atoms with van der Waals surface area (Å²) in [6, 6.07) is 11.6. The fourth-order valence-electron chi connectivity index (χ4n) is 4.61. The first-order chi connectivity index (χ1) is 15.5. The van der Waals surface area contributed by atoms with Crippen molar-refractivity contribution in [1.82, 2.24) is 9.47 Å². The van der Waals surface area contributed by atoms with Crippen molar-refractivity contribution in [3.05, 3.63) is 82.4 Å². The van der Waals surface area contributed by atoms with Gasteiger partial charge in [-0.2, -0.15) is 0 Å². The van der Waals surface area contributed by atoms with Crippen LogP contribution in [0.5, 0.6) is 0 Å². The second-order valence-electron chi connectivity index (χ2n) is 8.15. The van der Waals surface area contributed by atoms with Gasteiger partial charge in [0.15, 0.2) is 5.76 Å². The van der Waals surface area contributed by atoms with Gasteiger partial charge in [0, 0.05) is 43.0 Å². The van der Waals surface area contributed by atoms with E-state index in [0.717, 1.165) is 6.42 Å². The molecular formula is C23H21FN4O4. The van der Waals surface area contributed by atoms with Crippen molar-refractivity contribution in [2.75, 3.05) is 23.7 Å². The number of likely N-dealkylation sites (tertiary alicyclic amines) is 1. The fourth-order valence-corrected chi connectivity index (χ4v) is 4.61. The number of rotatable bonds is 3. The number of anilines is 2. The summed E-state index contributed by atoms with van der Waals surface area (Å²) in [5.41, 5.74) is 1.63. The molecule has 8 nitrogen and oxygen atoms in total. The Hall–Kier alpha value is -3.88. The van der Waals surface area contributed by atoms with Crippen LogP contribution in [-0.2, 0) is 6.54 Å². The normalized spacial score (nSPS) is 19.2. The van der Waals surface area contributed by atoms with Crippen molar-refractivity contribution in [2.45, 2.75) is 18.9 Å². The average Bonchev–Trinajstić information content (AvgIpc) is 3.32. The zero-order valence-electron chi connectivity index (χ0n) is 17.1. The Kier molecular flexibility index (Phi) is 5.01. The third kappa shape index (κ3) is 3.77. The number of fused-ring (bicyclic) bond motifs is 4.